The van der Waals surface area contributed by atoms with Crippen molar-refractivity contribution in [3.05, 3.63) is 11.6 Å². The highest BCUT2D eigenvalue weighted by atomic mass is 32.2. The molecule has 0 aliphatic carbocycles. The monoisotopic (exact) mass is 301 g/mol. The highest BCUT2D eigenvalue weighted by molar-refractivity contribution is 8.00. The first-order valence-corrected chi connectivity index (χ1v) is 8.52. The van der Waals surface area contributed by atoms with E-state index < -0.39 is 5.54 Å². The highest BCUT2D eigenvalue weighted by Crippen LogP contribution is 2.22. The Kier molecular flexibility index (Phi) is 7.41. The van der Waals surface area contributed by atoms with Crippen LogP contribution in [0.2, 0.25) is 0 Å². The molecule has 1 atom stereocenters. The van der Waals surface area contributed by atoms with Gasteiger partial charge in [0.15, 0.2) is 0 Å². The minimum absolute atomic E-state index is 0.256. The molecule has 0 aliphatic heterocycles. The first-order valence-electron chi connectivity index (χ1n) is 6.65. The number of rotatable bonds is 10. The van der Waals surface area contributed by atoms with E-state index in [-0.39, 0.29) is 5.91 Å². The largest absolute Gasteiger partial charge is 0.368 e. The van der Waals surface area contributed by atoms with Crippen molar-refractivity contribution in [2.45, 2.75) is 49.4 Å². The number of hydrogen-bond donors (Lipinski definition) is 2. The number of primary amides is 1. The topological polar surface area (TPSA) is 68.0 Å². The number of hydrogen-bond acceptors (Lipinski definition) is 5. The van der Waals surface area contributed by atoms with Gasteiger partial charge >= 0.3 is 0 Å². The maximum Gasteiger partial charge on any atom is 0.237 e. The van der Waals surface area contributed by atoms with Gasteiger partial charge in [0.25, 0.3) is 0 Å². The average Bonchev–Trinajstić information content (AvgIpc) is 2.89. The third-order valence-electron chi connectivity index (χ3n) is 3.02. The fourth-order valence-electron chi connectivity index (χ4n) is 1.72. The summed E-state index contributed by atoms with van der Waals surface area (Å²) in [4.78, 5) is 15.8. The normalized spacial score (nSPS) is 14.2. The smallest absolute Gasteiger partial charge is 0.237 e. The molecule has 1 rings (SSSR count). The van der Waals surface area contributed by atoms with Crippen molar-refractivity contribution in [3.63, 3.8) is 0 Å². The van der Waals surface area contributed by atoms with Gasteiger partial charge in [0.1, 0.15) is 4.34 Å². The number of nitrogens with one attached hydrogen (secondary N) is 1. The molecule has 0 spiro atoms. The number of carbonyl (C=O) groups excluding carboxylic acids is 1. The molecule has 0 aromatic carbocycles. The van der Waals surface area contributed by atoms with Gasteiger partial charge in [-0.2, -0.15) is 0 Å². The zero-order chi connectivity index (χ0) is 14.1. The maximum atomic E-state index is 11.5. The third kappa shape index (κ3) is 5.93. The van der Waals surface area contributed by atoms with Crippen LogP contribution < -0.4 is 11.1 Å². The zero-order valence-electron chi connectivity index (χ0n) is 11.6. The predicted octanol–water partition coefficient (Wildman–Crippen LogP) is 2.65. The second kappa shape index (κ2) is 8.55. The lowest BCUT2D eigenvalue weighted by molar-refractivity contribution is -0.124. The first-order chi connectivity index (χ1) is 9.08. The standard InChI is InChI=1S/C13H23N3OS2/c1-3-7-16-13(2,11(14)17)6-4-5-9-18-12-15-8-10-19-12/h8,10,16H,3-7,9H2,1-2H3,(H2,14,17). The summed E-state index contributed by atoms with van der Waals surface area (Å²) in [5.41, 5.74) is 4.92. The van der Waals surface area contributed by atoms with Crippen LogP contribution in [-0.4, -0.2) is 28.7 Å². The van der Waals surface area contributed by atoms with Crippen LogP contribution >= 0.6 is 23.1 Å². The van der Waals surface area contributed by atoms with Crippen LogP contribution in [0.15, 0.2) is 15.9 Å². The minimum Gasteiger partial charge on any atom is -0.368 e. The summed E-state index contributed by atoms with van der Waals surface area (Å²) in [6, 6.07) is 0. The van der Waals surface area contributed by atoms with Crippen LogP contribution in [0.5, 0.6) is 0 Å². The Bertz CT molecular complexity index is 370. The van der Waals surface area contributed by atoms with Crippen LogP contribution in [0.1, 0.15) is 39.5 Å². The van der Waals surface area contributed by atoms with Gasteiger partial charge in [-0.05, 0) is 32.7 Å². The molecule has 1 unspecified atom stereocenters. The quantitative estimate of drug-likeness (QED) is 0.515. The van der Waals surface area contributed by atoms with Crippen molar-refractivity contribution in [2.75, 3.05) is 12.3 Å². The molecule has 1 heterocycles. The van der Waals surface area contributed by atoms with E-state index in [0.717, 1.165) is 42.3 Å². The Balaban J connectivity index is 2.22. The maximum absolute atomic E-state index is 11.5. The number of nitrogens with zero attached hydrogens (tertiary/aromatic N) is 1. The number of thiazole rings is 1. The molecule has 1 aromatic rings. The number of nitrogens with two attached hydrogens (primary N) is 1. The summed E-state index contributed by atoms with van der Waals surface area (Å²) in [7, 11) is 0. The minimum atomic E-state index is -0.568. The van der Waals surface area contributed by atoms with Gasteiger partial charge in [0.2, 0.25) is 5.91 Å². The molecule has 0 saturated heterocycles. The van der Waals surface area contributed by atoms with Crippen molar-refractivity contribution < 1.29 is 4.79 Å². The van der Waals surface area contributed by atoms with Gasteiger partial charge in [-0.1, -0.05) is 25.1 Å². The Morgan fingerprint density at radius 1 is 1.58 bits per heavy atom. The number of aromatic nitrogens is 1. The number of carbonyl (C=O) groups is 1. The molecule has 4 nitrogen and oxygen atoms in total. The van der Waals surface area contributed by atoms with Crippen molar-refractivity contribution in [2.24, 2.45) is 5.73 Å². The van der Waals surface area contributed by atoms with Gasteiger partial charge in [0.05, 0.1) is 5.54 Å². The van der Waals surface area contributed by atoms with E-state index in [1.165, 1.54) is 0 Å². The molecule has 108 valence electrons. The lowest BCUT2D eigenvalue weighted by Crippen LogP contribution is -2.53. The number of thioether (sulfide) groups is 1. The van der Waals surface area contributed by atoms with Crippen LogP contribution in [0.25, 0.3) is 0 Å². The first kappa shape index (κ1) is 16.5. The van der Waals surface area contributed by atoms with Crippen molar-refractivity contribution in [3.8, 4) is 0 Å². The van der Waals surface area contributed by atoms with Crippen LogP contribution in [-0.2, 0) is 4.79 Å². The Labute approximate surface area is 123 Å². The summed E-state index contributed by atoms with van der Waals surface area (Å²) < 4.78 is 1.11. The summed E-state index contributed by atoms with van der Waals surface area (Å²) in [6.45, 7) is 4.81. The molecule has 0 fully saturated rings. The molecular weight excluding hydrogens is 278 g/mol. The van der Waals surface area contributed by atoms with Gasteiger partial charge in [-0.25, -0.2) is 4.98 Å². The van der Waals surface area contributed by atoms with E-state index in [2.05, 4.69) is 17.2 Å². The third-order valence-corrected chi connectivity index (χ3v) is 5.07. The molecule has 6 heteroatoms. The molecule has 0 saturated carbocycles. The molecule has 3 N–H and O–H groups in total. The number of amides is 1. The summed E-state index contributed by atoms with van der Waals surface area (Å²) in [5.74, 6) is 0.782. The van der Waals surface area contributed by atoms with E-state index in [4.69, 9.17) is 5.73 Å². The van der Waals surface area contributed by atoms with Crippen LogP contribution in [0, 0.1) is 0 Å². The molecule has 0 radical (unpaired) electrons. The molecule has 1 aromatic heterocycles. The van der Waals surface area contributed by atoms with Crippen molar-refractivity contribution in [1.29, 1.82) is 0 Å². The van der Waals surface area contributed by atoms with E-state index in [1.54, 1.807) is 23.1 Å². The number of unbranched alkanes of at least 4 members (excludes halogenated alkanes) is 1. The van der Waals surface area contributed by atoms with E-state index in [0.29, 0.717) is 0 Å². The summed E-state index contributed by atoms with van der Waals surface area (Å²) in [6.07, 6.45) is 5.69. The molecular formula is C13H23N3OS2. The second-order valence-corrected chi connectivity index (χ2v) is 6.96. The van der Waals surface area contributed by atoms with Gasteiger partial charge < -0.3 is 11.1 Å². The zero-order valence-corrected chi connectivity index (χ0v) is 13.3. The lowest BCUT2D eigenvalue weighted by Gasteiger charge is -2.27. The Hall–Kier alpha value is -0.590. The summed E-state index contributed by atoms with van der Waals surface area (Å²) >= 11 is 3.44. The van der Waals surface area contributed by atoms with Gasteiger partial charge in [0, 0.05) is 17.3 Å². The van der Waals surface area contributed by atoms with Gasteiger partial charge in [-0.15, -0.1) is 11.3 Å². The predicted molar refractivity (Wildman–Crippen MR) is 82.6 cm³/mol. The Morgan fingerprint density at radius 2 is 2.37 bits per heavy atom. The van der Waals surface area contributed by atoms with Crippen molar-refractivity contribution >= 4 is 29.0 Å². The Morgan fingerprint density at radius 3 is 2.95 bits per heavy atom. The molecule has 0 aliphatic rings. The molecule has 19 heavy (non-hydrogen) atoms. The van der Waals surface area contributed by atoms with Gasteiger partial charge in [-0.3, -0.25) is 4.79 Å². The van der Waals surface area contributed by atoms with E-state index in [1.807, 2.05) is 18.5 Å². The SMILES string of the molecule is CCCNC(C)(CCCCSc1nccs1)C(N)=O. The van der Waals surface area contributed by atoms with Crippen LogP contribution in [0.4, 0.5) is 0 Å². The molecule has 1 amide bonds. The average molecular weight is 301 g/mol. The van der Waals surface area contributed by atoms with Crippen LogP contribution in [0.3, 0.4) is 0 Å². The fourth-order valence-corrected chi connectivity index (χ4v) is 3.43. The summed E-state index contributed by atoms with van der Waals surface area (Å²) in [5, 5.41) is 5.25. The van der Waals surface area contributed by atoms with Crippen molar-refractivity contribution in [1.82, 2.24) is 10.3 Å². The fraction of sp³-hybridized carbons (Fsp3) is 0.692. The lowest BCUT2D eigenvalue weighted by atomic mass is 9.94. The molecule has 0 bridgehead atoms. The van der Waals surface area contributed by atoms with E-state index >= 15 is 0 Å². The van der Waals surface area contributed by atoms with E-state index in [9.17, 15) is 4.79 Å². The second-order valence-electron chi connectivity index (χ2n) is 4.73. The highest BCUT2D eigenvalue weighted by Gasteiger charge is 2.29.